The molecule has 21 heteroatoms. The van der Waals surface area contributed by atoms with Gasteiger partial charge in [0.25, 0.3) is 0 Å². The molecule has 0 saturated heterocycles. The Balaban J connectivity index is 0. The number of rotatable bonds is 0. The molecule has 36 N–H and O–H groups in total. The van der Waals surface area contributed by atoms with Gasteiger partial charge in [0.1, 0.15) is 0 Å². The summed E-state index contributed by atoms with van der Waals surface area (Å²) in [4.78, 5) is 0. The molecule has 0 radical (unpaired) electrons. The van der Waals surface area contributed by atoms with Gasteiger partial charge in [0.15, 0.2) is 0 Å². The summed E-state index contributed by atoms with van der Waals surface area (Å²) >= 11 is 0. The third-order valence-electron chi connectivity index (χ3n) is 0. The van der Waals surface area contributed by atoms with Crippen LogP contribution in [0.4, 0.5) is 0 Å². The first-order valence-corrected chi connectivity index (χ1v) is 0. The van der Waals surface area contributed by atoms with Crippen molar-refractivity contribution in [2.45, 2.75) is 0 Å². The fraction of sp³-hybridized carbons (Fsp3) is 0. The fourth-order valence-electron chi connectivity index (χ4n) is 0. The Labute approximate surface area is 148 Å². The molecule has 0 rings (SSSR count). The topological polar surface area (TPSA) is 567 Å². The molecule has 0 aliphatic rings. The molecule has 0 aliphatic heterocycles. The normalized spacial score (nSPS) is 0. The second-order valence-corrected chi connectivity index (χ2v) is 0. The summed E-state index contributed by atoms with van der Waals surface area (Å²) in [6.07, 6.45) is 0. The van der Waals surface area contributed by atoms with Crippen molar-refractivity contribution in [3.8, 4) is 0 Å². The van der Waals surface area contributed by atoms with Crippen LogP contribution in [0.1, 0.15) is 0 Å². The van der Waals surface area contributed by atoms with E-state index in [0.717, 1.165) is 0 Å². The molecule has 0 aromatic carbocycles. The third kappa shape index (κ3) is 12600. The van der Waals surface area contributed by atoms with Crippen LogP contribution in [-0.4, -0.2) is 98.6 Å². The summed E-state index contributed by atoms with van der Waals surface area (Å²) in [5.41, 5.74) is 0. The molecule has 0 unspecified atom stereocenters. The van der Waals surface area contributed by atoms with E-state index in [1.807, 2.05) is 0 Å². The van der Waals surface area contributed by atoms with Gasteiger partial charge in [0.05, 0.1) is 0 Å². The molecular weight excluding hydrogens is 464 g/mol. The predicted octanol–water partition coefficient (Wildman–Crippen LogP) is -14.9. The van der Waals surface area contributed by atoms with Crippen LogP contribution in [0.15, 0.2) is 0 Å². The molecule has 0 spiro atoms. The summed E-state index contributed by atoms with van der Waals surface area (Å²) in [5, 5.41) is 0. The largest absolute Gasteiger partial charge is 0.412 e. The van der Waals surface area contributed by atoms with Crippen LogP contribution in [0.25, 0.3) is 0 Å². The van der Waals surface area contributed by atoms with Gasteiger partial charge in [0.2, 0.25) is 0 Å². The van der Waals surface area contributed by atoms with E-state index in [1.54, 1.807) is 0 Å². The summed E-state index contributed by atoms with van der Waals surface area (Å²) in [5.74, 6) is 0. The molecule has 0 atom stereocenters. The van der Waals surface area contributed by atoms with Crippen molar-refractivity contribution in [3.63, 3.8) is 0 Å². The standard InChI is InChI=1S/3Ni.18H2O/h;;;18*1H2. The van der Waals surface area contributed by atoms with Gasteiger partial charge in [-0.25, -0.2) is 0 Å². The van der Waals surface area contributed by atoms with E-state index in [9.17, 15) is 0 Å². The van der Waals surface area contributed by atoms with E-state index in [-0.39, 0.29) is 148 Å². The quantitative estimate of drug-likeness (QED) is 0.279. The average Bonchev–Trinajstić information content (AvgIpc) is 0. The van der Waals surface area contributed by atoms with Crippen molar-refractivity contribution in [1.29, 1.82) is 0 Å². The maximum Gasteiger partial charge on any atom is 0 e. The molecule has 0 fully saturated rings. The van der Waals surface area contributed by atoms with Gasteiger partial charge in [-0.3, -0.25) is 0 Å². The monoisotopic (exact) mass is 498 g/mol. The molecule has 0 heterocycles. The SMILES string of the molecule is O.O.O.O.O.O.O.O.O.O.O.O.O.O.O.O.O.O.[Ni].[Ni].[Ni]. The predicted molar refractivity (Wildman–Crippen MR) is 65.0 cm³/mol. The van der Waals surface area contributed by atoms with Crippen LogP contribution in [0, 0.1) is 0 Å². The number of hydrogen-bond acceptors (Lipinski definition) is 0. The molecule has 0 saturated carbocycles. The Morgan fingerprint density at radius 1 is 0.0952 bits per heavy atom. The van der Waals surface area contributed by atoms with Crippen molar-refractivity contribution in [2.75, 3.05) is 0 Å². The Kier molecular flexibility index (Phi) is 10800000. The molecule has 174 valence electrons. The Bertz CT molecular complexity index is 12.4. The minimum Gasteiger partial charge on any atom is -0.412 e. The van der Waals surface area contributed by atoms with Gasteiger partial charge in [-0.1, -0.05) is 0 Å². The maximum atomic E-state index is 0. The smallest absolute Gasteiger partial charge is 0 e. The van der Waals surface area contributed by atoms with E-state index in [4.69, 9.17) is 0 Å². The Hall–Kier alpha value is 0.761. The van der Waals surface area contributed by atoms with Gasteiger partial charge in [0, 0.05) is 49.5 Å². The van der Waals surface area contributed by atoms with E-state index in [2.05, 4.69) is 0 Å². The van der Waals surface area contributed by atoms with Gasteiger partial charge in [-0.15, -0.1) is 0 Å². The summed E-state index contributed by atoms with van der Waals surface area (Å²) in [6.45, 7) is 0. The minimum atomic E-state index is 0. The van der Waals surface area contributed by atoms with Crippen molar-refractivity contribution in [1.82, 2.24) is 0 Å². The number of hydrogen-bond donors (Lipinski definition) is 0. The van der Waals surface area contributed by atoms with E-state index < -0.39 is 0 Å². The van der Waals surface area contributed by atoms with Gasteiger partial charge in [-0.2, -0.15) is 0 Å². The van der Waals surface area contributed by atoms with Crippen LogP contribution in [0.2, 0.25) is 0 Å². The second-order valence-electron chi connectivity index (χ2n) is 0. The van der Waals surface area contributed by atoms with Crippen LogP contribution >= 0.6 is 0 Å². The van der Waals surface area contributed by atoms with E-state index >= 15 is 0 Å². The molecule has 0 aromatic heterocycles. The van der Waals surface area contributed by atoms with Crippen molar-refractivity contribution >= 4 is 0 Å². The molecule has 21 heavy (non-hydrogen) atoms. The molecule has 0 amide bonds. The van der Waals surface area contributed by atoms with Crippen molar-refractivity contribution in [3.05, 3.63) is 0 Å². The summed E-state index contributed by atoms with van der Waals surface area (Å²) < 4.78 is 0. The van der Waals surface area contributed by atoms with Crippen molar-refractivity contribution in [2.24, 2.45) is 0 Å². The Morgan fingerprint density at radius 2 is 0.0952 bits per heavy atom. The first-order valence-electron chi connectivity index (χ1n) is 0. The first-order chi connectivity index (χ1) is 0. The van der Waals surface area contributed by atoms with E-state index in [1.165, 1.54) is 0 Å². The summed E-state index contributed by atoms with van der Waals surface area (Å²) in [6, 6.07) is 0. The van der Waals surface area contributed by atoms with Crippen LogP contribution in [-0.2, 0) is 49.5 Å². The zero-order valence-electron chi connectivity index (χ0n) is 9.95. The van der Waals surface area contributed by atoms with E-state index in [0.29, 0.717) is 0 Å². The van der Waals surface area contributed by atoms with Crippen molar-refractivity contribution < 1.29 is 148 Å². The maximum absolute atomic E-state index is 0. The summed E-state index contributed by atoms with van der Waals surface area (Å²) in [7, 11) is 0. The molecule has 0 aromatic rings. The van der Waals surface area contributed by atoms with Gasteiger partial charge >= 0.3 is 0 Å². The van der Waals surface area contributed by atoms with Gasteiger partial charge in [-0.05, 0) is 0 Å². The zero-order valence-corrected chi connectivity index (χ0v) is 12.9. The molecule has 18 nitrogen and oxygen atoms in total. The van der Waals surface area contributed by atoms with Crippen LogP contribution in [0.3, 0.4) is 0 Å². The average molecular weight is 500 g/mol. The fourth-order valence-corrected chi connectivity index (χ4v) is 0. The second kappa shape index (κ2) is 14000. The van der Waals surface area contributed by atoms with Crippen LogP contribution < -0.4 is 0 Å². The van der Waals surface area contributed by atoms with Gasteiger partial charge < -0.3 is 98.6 Å². The molecule has 0 aliphatic carbocycles. The first kappa shape index (κ1) is 16200. The molecule has 0 bridgehead atoms. The Morgan fingerprint density at radius 3 is 0.0952 bits per heavy atom. The zero-order chi connectivity index (χ0) is 0. The molecular formula is H36Ni3O18. The minimum absolute atomic E-state index is 0. The van der Waals surface area contributed by atoms with Crippen LogP contribution in [0.5, 0.6) is 0 Å². The third-order valence-corrected chi connectivity index (χ3v) is 0.